The van der Waals surface area contributed by atoms with Gasteiger partial charge in [0, 0.05) is 19.5 Å². The number of carbonyl (C=O) groups is 2. The predicted octanol–water partition coefficient (Wildman–Crippen LogP) is -0.997. The lowest BCUT2D eigenvalue weighted by molar-refractivity contribution is -0.159. The Hall–Kier alpha value is -1.76. The Labute approximate surface area is 116 Å². The summed E-state index contributed by atoms with van der Waals surface area (Å²) in [6, 6.07) is 8.78. The van der Waals surface area contributed by atoms with Crippen molar-refractivity contribution in [3.05, 3.63) is 35.9 Å². The number of nitrogens with one attached hydrogen (secondary N) is 1. The molecule has 0 aliphatic carbocycles. The summed E-state index contributed by atoms with van der Waals surface area (Å²) >= 11 is 0. The van der Waals surface area contributed by atoms with E-state index in [-0.39, 0.29) is 13.0 Å². The molecule has 1 aromatic carbocycles. The number of amides is 1. The molecule has 0 aromatic heterocycles. The maximum atomic E-state index is 12.4. The van der Waals surface area contributed by atoms with Crippen molar-refractivity contribution in [2.24, 2.45) is 5.73 Å². The van der Waals surface area contributed by atoms with Gasteiger partial charge in [0.05, 0.1) is 6.61 Å². The Balaban J connectivity index is 2.20. The quantitative estimate of drug-likeness (QED) is 0.600. The number of ketones is 1. The number of hydrogen-bond acceptors (Lipinski definition) is 5. The zero-order chi connectivity index (χ0) is 14.6. The Morgan fingerprint density at radius 1 is 1.40 bits per heavy atom. The molecular formula is C14H18N2O4. The van der Waals surface area contributed by atoms with Gasteiger partial charge in [0.2, 0.25) is 11.4 Å². The van der Waals surface area contributed by atoms with Gasteiger partial charge < -0.3 is 20.9 Å². The number of nitrogens with two attached hydrogens (primary N) is 1. The van der Waals surface area contributed by atoms with Crippen LogP contribution in [0.5, 0.6) is 0 Å². The first-order chi connectivity index (χ1) is 9.54. The van der Waals surface area contributed by atoms with Crippen LogP contribution in [0.4, 0.5) is 0 Å². The molecular weight excluding hydrogens is 260 g/mol. The smallest absolute Gasteiger partial charge is 0.257 e. The second kappa shape index (κ2) is 6.13. The highest BCUT2D eigenvalue weighted by atomic mass is 16.5. The highest BCUT2D eigenvalue weighted by Crippen LogP contribution is 2.18. The van der Waals surface area contributed by atoms with Crippen LogP contribution < -0.4 is 11.1 Å². The van der Waals surface area contributed by atoms with Crippen LogP contribution in [-0.2, 0) is 20.7 Å². The zero-order valence-electron chi connectivity index (χ0n) is 11.0. The molecule has 4 N–H and O–H groups in total. The predicted molar refractivity (Wildman–Crippen MR) is 71.9 cm³/mol. The van der Waals surface area contributed by atoms with Gasteiger partial charge in [-0.2, -0.15) is 0 Å². The van der Waals surface area contributed by atoms with Gasteiger partial charge in [-0.1, -0.05) is 30.3 Å². The van der Waals surface area contributed by atoms with Crippen molar-refractivity contribution < 1.29 is 19.4 Å². The molecule has 0 saturated carbocycles. The monoisotopic (exact) mass is 278 g/mol. The van der Waals surface area contributed by atoms with Gasteiger partial charge in [0.15, 0.2) is 0 Å². The van der Waals surface area contributed by atoms with Gasteiger partial charge in [-0.3, -0.25) is 9.59 Å². The molecule has 1 amide bonds. The highest BCUT2D eigenvalue weighted by Gasteiger charge is 2.46. The Morgan fingerprint density at radius 2 is 2.10 bits per heavy atom. The van der Waals surface area contributed by atoms with Gasteiger partial charge in [0.1, 0.15) is 6.10 Å². The maximum absolute atomic E-state index is 12.4. The molecule has 2 atom stereocenters. The second-order valence-corrected chi connectivity index (χ2v) is 4.81. The van der Waals surface area contributed by atoms with Crippen molar-refractivity contribution in [2.75, 3.05) is 19.7 Å². The number of benzene rings is 1. The summed E-state index contributed by atoms with van der Waals surface area (Å²) in [6.45, 7) is 1.26. The molecule has 6 heteroatoms. The Morgan fingerprint density at radius 3 is 2.65 bits per heavy atom. The molecule has 20 heavy (non-hydrogen) atoms. The highest BCUT2D eigenvalue weighted by molar-refractivity contribution is 6.10. The van der Waals surface area contributed by atoms with Crippen LogP contribution in [0.25, 0.3) is 0 Å². The van der Waals surface area contributed by atoms with Crippen molar-refractivity contribution >= 4 is 11.7 Å². The topological polar surface area (TPSA) is 102 Å². The molecule has 1 heterocycles. The van der Waals surface area contributed by atoms with Crippen molar-refractivity contribution in [1.29, 1.82) is 0 Å². The zero-order valence-corrected chi connectivity index (χ0v) is 11.0. The minimum absolute atomic E-state index is 0.151. The average Bonchev–Trinajstić information content (AvgIpc) is 2.48. The van der Waals surface area contributed by atoms with Crippen molar-refractivity contribution in [1.82, 2.24) is 5.32 Å². The summed E-state index contributed by atoms with van der Waals surface area (Å²) in [7, 11) is 0. The molecule has 1 unspecified atom stereocenters. The fourth-order valence-corrected chi connectivity index (χ4v) is 2.19. The lowest BCUT2D eigenvalue weighted by Gasteiger charge is -2.30. The van der Waals surface area contributed by atoms with Crippen LogP contribution in [0, 0.1) is 0 Å². The molecule has 2 rings (SSSR count). The number of Topliss-reactive ketones (excluding diaryl/α,β-unsaturated/α-hetero) is 1. The number of aliphatic hydroxyl groups is 1. The average molecular weight is 278 g/mol. The first-order valence-electron chi connectivity index (χ1n) is 6.47. The van der Waals surface area contributed by atoms with E-state index in [4.69, 9.17) is 10.5 Å². The van der Waals surface area contributed by atoms with E-state index in [2.05, 4.69) is 5.32 Å². The largest absolute Gasteiger partial charge is 0.373 e. The number of primary amides is 1. The van der Waals surface area contributed by atoms with E-state index in [1.807, 2.05) is 6.07 Å². The third-order valence-corrected chi connectivity index (χ3v) is 3.34. The normalized spacial score (nSPS) is 21.9. The summed E-state index contributed by atoms with van der Waals surface area (Å²) < 4.78 is 5.29. The summed E-state index contributed by atoms with van der Waals surface area (Å²) in [5.74, 6) is -1.75. The molecule has 0 radical (unpaired) electrons. The van der Waals surface area contributed by atoms with E-state index in [1.165, 1.54) is 0 Å². The minimum Gasteiger partial charge on any atom is -0.373 e. The van der Waals surface area contributed by atoms with Gasteiger partial charge in [0.25, 0.3) is 5.91 Å². The summed E-state index contributed by atoms with van der Waals surface area (Å²) in [6.07, 6.45) is -1.01. The molecule has 0 bridgehead atoms. The fraction of sp³-hybridized carbons (Fsp3) is 0.429. The van der Waals surface area contributed by atoms with Gasteiger partial charge in [-0.15, -0.1) is 0 Å². The molecule has 1 aromatic rings. The van der Waals surface area contributed by atoms with Crippen LogP contribution in [-0.4, -0.2) is 48.2 Å². The van der Waals surface area contributed by atoms with Crippen molar-refractivity contribution in [3.63, 3.8) is 0 Å². The molecule has 1 fully saturated rings. The summed E-state index contributed by atoms with van der Waals surface area (Å²) in [4.78, 5) is 23.9. The summed E-state index contributed by atoms with van der Waals surface area (Å²) in [5.41, 5.74) is 3.65. The number of rotatable bonds is 5. The van der Waals surface area contributed by atoms with Crippen LogP contribution in [0.15, 0.2) is 30.3 Å². The second-order valence-electron chi connectivity index (χ2n) is 4.81. The van der Waals surface area contributed by atoms with E-state index in [9.17, 15) is 14.7 Å². The summed E-state index contributed by atoms with van der Waals surface area (Å²) in [5, 5.41) is 13.4. The third-order valence-electron chi connectivity index (χ3n) is 3.34. The van der Waals surface area contributed by atoms with Crippen molar-refractivity contribution in [2.45, 2.75) is 18.1 Å². The number of ether oxygens (including phenoxy) is 1. The molecule has 1 aliphatic rings. The number of carbonyl (C=O) groups excluding carboxylic acids is 2. The van der Waals surface area contributed by atoms with Gasteiger partial charge >= 0.3 is 0 Å². The van der Waals surface area contributed by atoms with E-state index in [0.717, 1.165) is 0 Å². The first-order valence-corrected chi connectivity index (χ1v) is 6.47. The van der Waals surface area contributed by atoms with E-state index >= 15 is 0 Å². The van der Waals surface area contributed by atoms with Crippen LogP contribution in [0.3, 0.4) is 0 Å². The lowest BCUT2D eigenvalue weighted by atomic mass is 9.86. The molecule has 1 aliphatic heterocycles. The number of hydrogen-bond donors (Lipinski definition) is 3. The first kappa shape index (κ1) is 14.6. The standard InChI is InChI=1S/C14H18N2O4/c15-13(18)14(19,8-10-4-2-1-3-5-10)12(17)11-9-16-6-7-20-11/h1-5,11,16,19H,6-9H2,(H2,15,18)/t11?,14-/m1/s1. The lowest BCUT2D eigenvalue weighted by Crippen LogP contribution is -2.59. The van der Waals surface area contributed by atoms with Gasteiger partial charge in [-0.25, -0.2) is 0 Å². The van der Waals surface area contributed by atoms with Crippen LogP contribution in [0.2, 0.25) is 0 Å². The SMILES string of the molecule is NC(=O)[C@@](O)(Cc1ccccc1)C(=O)C1CNCCO1. The van der Waals surface area contributed by atoms with Crippen molar-refractivity contribution in [3.8, 4) is 0 Å². The van der Waals surface area contributed by atoms with Gasteiger partial charge in [-0.05, 0) is 5.56 Å². The minimum atomic E-state index is -2.24. The maximum Gasteiger partial charge on any atom is 0.257 e. The molecule has 6 nitrogen and oxygen atoms in total. The van der Waals surface area contributed by atoms with Crippen LogP contribution in [0.1, 0.15) is 5.56 Å². The Kier molecular flexibility index (Phi) is 4.49. The van der Waals surface area contributed by atoms with E-state index in [0.29, 0.717) is 18.7 Å². The van der Waals surface area contributed by atoms with E-state index in [1.54, 1.807) is 24.3 Å². The number of morpholine rings is 1. The van der Waals surface area contributed by atoms with E-state index < -0.39 is 23.4 Å². The molecule has 1 saturated heterocycles. The molecule has 0 spiro atoms. The fourth-order valence-electron chi connectivity index (χ4n) is 2.19. The Bertz CT molecular complexity index is 485. The third kappa shape index (κ3) is 3.04. The molecule has 108 valence electrons. The van der Waals surface area contributed by atoms with Crippen LogP contribution >= 0.6 is 0 Å².